The average molecular weight is 216 g/mol. The highest BCUT2D eigenvalue weighted by Crippen LogP contribution is 2.35. The Balaban J connectivity index is 2.54. The van der Waals surface area contributed by atoms with Crippen LogP contribution in [0, 0.1) is 17.8 Å². The smallest absolute Gasteiger partial charge is 0.178 e. The van der Waals surface area contributed by atoms with Crippen molar-refractivity contribution < 1.29 is 14.9 Å². The third-order valence-electron chi connectivity index (χ3n) is 3.45. The van der Waals surface area contributed by atoms with E-state index in [1.807, 2.05) is 0 Å². The molecule has 3 nitrogen and oxygen atoms in total. The summed E-state index contributed by atoms with van der Waals surface area (Å²) in [6.07, 6.45) is 2.51. The number of hydrogen-bond acceptors (Lipinski definition) is 3. The van der Waals surface area contributed by atoms with E-state index in [4.69, 9.17) is 9.84 Å². The highest BCUT2D eigenvalue weighted by Gasteiger charge is 2.32. The molecule has 90 valence electrons. The van der Waals surface area contributed by atoms with Gasteiger partial charge in [0.1, 0.15) is 0 Å². The molecule has 4 atom stereocenters. The Bertz CT molecular complexity index is 182. The molecule has 1 aliphatic rings. The van der Waals surface area contributed by atoms with Crippen molar-refractivity contribution in [2.75, 3.05) is 6.61 Å². The van der Waals surface area contributed by atoms with Gasteiger partial charge in [-0.1, -0.05) is 27.2 Å². The molecule has 0 aromatic heterocycles. The van der Waals surface area contributed by atoms with Crippen LogP contribution in [0.15, 0.2) is 0 Å². The fourth-order valence-electron chi connectivity index (χ4n) is 2.52. The summed E-state index contributed by atoms with van der Waals surface area (Å²) in [6.45, 7) is 6.30. The molecule has 15 heavy (non-hydrogen) atoms. The lowest BCUT2D eigenvalue weighted by molar-refractivity contribution is -0.184. The largest absolute Gasteiger partial charge is 0.391 e. The first kappa shape index (κ1) is 12.9. The van der Waals surface area contributed by atoms with Gasteiger partial charge in [0.2, 0.25) is 0 Å². The van der Waals surface area contributed by atoms with Crippen molar-refractivity contribution in [3.8, 4) is 0 Å². The van der Waals surface area contributed by atoms with Gasteiger partial charge in [-0.15, -0.1) is 0 Å². The van der Waals surface area contributed by atoms with E-state index in [9.17, 15) is 5.11 Å². The molecule has 2 N–H and O–H groups in total. The molecule has 0 spiro atoms. The van der Waals surface area contributed by atoms with Crippen molar-refractivity contribution >= 4 is 0 Å². The van der Waals surface area contributed by atoms with Crippen molar-refractivity contribution in [2.24, 2.45) is 17.8 Å². The van der Waals surface area contributed by atoms with Crippen LogP contribution >= 0.6 is 0 Å². The topological polar surface area (TPSA) is 49.7 Å². The quantitative estimate of drug-likeness (QED) is 0.704. The normalized spacial score (nSPS) is 34.4. The summed E-state index contributed by atoms with van der Waals surface area (Å²) in [5.74, 6) is 1.76. The van der Waals surface area contributed by atoms with Crippen LogP contribution in [0.2, 0.25) is 0 Å². The van der Waals surface area contributed by atoms with Crippen molar-refractivity contribution in [1.29, 1.82) is 0 Å². The molecule has 1 aliphatic carbocycles. The van der Waals surface area contributed by atoms with Crippen LogP contribution in [-0.4, -0.2) is 29.2 Å². The summed E-state index contributed by atoms with van der Waals surface area (Å²) in [5.41, 5.74) is 0. The van der Waals surface area contributed by atoms with Gasteiger partial charge in [0.15, 0.2) is 6.29 Å². The molecule has 1 saturated carbocycles. The lowest BCUT2D eigenvalue weighted by Gasteiger charge is -2.37. The van der Waals surface area contributed by atoms with Crippen molar-refractivity contribution in [3.05, 3.63) is 0 Å². The summed E-state index contributed by atoms with van der Waals surface area (Å²) in [7, 11) is 0. The van der Waals surface area contributed by atoms with E-state index in [1.54, 1.807) is 0 Å². The summed E-state index contributed by atoms with van der Waals surface area (Å²) < 4.78 is 5.49. The zero-order valence-electron chi connectivity index (χ0n) is 10.0. The third-order valence-corrected chi connectivity index (χ3v) is 3.45. The Morgan fingerprint density at radius 1 is 1.33 bits per heavy atom. The molecule has 1 unspecified atom stereocenters. The Labute approximate surface area is 92.4 Å². The maximum Gasteiger partial charge on any atom is 0.178 e. The van der Waals surface area contributed by atoms with E-state index >= 15 is 0 Å². The predicted molar refractivity (Wildman–Crippen MR) is 59.3 cm³/mol. The highest BCUT2D eigenvalue weighted by atomic mass is 16.6. The van der Waals surface area contributed by atoms with Gasteiger partial charge in [-0.2, -0.15) is 0 Å². The van der Waals surface area contributed by atoms with Crippen LogP contribution in [0.1, 0.15) is 40.0 Å². The van der Waals surface area contributed by atoms with Crippen LogP contribution in [0.25, 0.3) is 0 Å². The predicted octanol–water partition coefficient (Wildman–Crippen LogP) is 1.77. The molecule has 0 heterocycles. The first-order valence-corrected chi connectivity index (χ1v) is 5.99. The van der Waals surface area contributed by atoms with Gasteiger partial charge in [-0.05, 0) is 30.6 Å². The van der Waals surface area contributed by atoms with Crippen molar-refractivity contribution in [2.45, 2.75) is 52.4 Å². The fraction of sp³-hybridized carbons (Fsp3) is 1.00. The minimum absolute atomic E-state index is 0.107. The van der Waals surface area contributed by atoms with Gasteiger partial charge in [0.25, 0.3) is 0 Å². The van der Waals surface area contributed by atoms with Crippen molar-refractivity contribution in [3.63, 3.8) is 0 Å². The molecule has 0 amide bonds. The van der Waals surface area contributed by atoms with E-state index in [0.29, 0.717) is 17.8 Å². The second-order valence-corrected chi connectivity index (χ2v) is 5.14. The molecule has 0 radical (unpaired) electrons. The Morgan fingerprint density at radius 3 is 2.53 bits per heavy atom. The lowest BCUT2D eigenvalue weighted by atomic mass is 9.75. The van der Waals surface area contributed by atoms with Crippen LogP contribution in [0.3, 0.4) is 0 Å². The zero-order chi connectivity index (χ0) is 11.4. The molecule has 0 bridgehead atoms. The molecule has 0 aromatic rings. The summed E-state index contributed by atoms with van der Waals surface area (Å²) in [6, 6.07) is 0. The van der Waals surface area contributed by atoms with Gasteiger partial charge in [-0.25, -0.2) is 0 Å². The number of ether oxygens (including phenoxy) is 1. The first-order chi connectivity index (χ1) is 7.04. The second-order valence-electron chi connectivity index (χ2n) is 5.14. The third kappa shape index (κ3) is 3.74. The van der Waals surface area contributed by atoms with Crippen LogP contribution in [-0.2, 0) is 4.74 Å². The molecule has 1 rings (SSSR count). The van der Waals surface area contributed by atoms with E-state index in [-0.39, 0.29) is 12.7 Å². The minimum Gasteiger partial charge on any atom is -0.391 e. The number of hydrogen-bond donors (Lipinski definition) is 2. The summed E-state index contributed by atoms with van der Waals surface area (Å²) >= 11 is 0. The van der Waals surface area contributed by atoms with Gasteiger partial charge in [0.05, 0.1) is 12.7 Å². The number of aliphatic hydroxyl groups excluding tert-OH is 2. The van der Waals surface area contributed by atoms with Gasteiger partial charge >= 0.3 is 0 Å². The highest BCUT2D eigenvalue weighted by molar-refractivity contribution is 4.81. The molecule has 1 fully saturated rings. The van der Waals surface area contributed by atoms with Crippen LogP contribution < -0.4 is 0 Å². The average Bonchev–Trinajstić information content (AvgIpc) is 2.17. The van der Waals surface area contributed by atoms with Gasteiger partial charge in [0, 0.05) is 0 Å². The molecule has 0 aliphatic heterocycles. The van der Waals surface area contributed by atoms with Gasteiger partial charge < -0.3 is 14.9 Å². The summed E-state index contributed by atoms with van der Waals surface area (Å²) in [5, 5.41) is 18.1. The zero-order valence-corrected chi connectivity index (χ0v) is 10.0. The maximum atomic E-state index is 9.32. The monoisotopic (exact) mass is 216 g/mol. The van der Waals surface area contributed by atoms with E-state index in [2.05, 4.69) is 20.8 Å². The minimum atomic E-state index is -1.01. The lowest BCUT2D eigenvalue weighted by Crippen LogP contribution is -2.37. The van der Waals surface area contributed by atoms with E-state index in [0.717, 1.165) is 6.42 Å². The molecule has 3 heteroatoms. The first-order valence-electron chi connectivity index (χ1n) is 5.99. The van der Waals surface area contributed by atoms with E-state index < -0.39 is 6.29 Å². The molecule has 0 saturated heterocycles. The molecular weight excluding hydrogens is 192 g/mol. The number of rotatable bonds is 4. The molecular formula is C12H24O3. The standard InChI is InChI=1S/C12H24O3/c1-8(2)10-5-4-9(3)6-11(10)15-12(14)7-13/h8-14H,4-7H2,1-3H3/t9-,10+,11-,12?/m1/s1. The van der Waals surface area contributed by atoms with Gasteiger partial charge in [-0.3, -0.25) is 0 Å². The maximum absolute atomic E-state index is 9.32. The molecule has 0 aromatic carbocycles. The Hall–Kier alpha value is -0.120. The van der Waals surface area contributed by atoms with E-state index in [1.165, 1.54) is 12.8 Å². The SMILES string of the molecule is CC(C)[C@@H]1CC[C@@H](C)C[C@H]1OC(O)CO. The summed E-state index contributed by atoms with van der Waals surface area (Å²) in [4.78, 5) is 0. The fourth-order valence-corrected chi connectivity index (χ4v) is 2.52. The van der Waals surface area contributed by atoms with Crippen LogP contribution in [0.4, 0.5) is 0 Å². The second kappa shape index (κ2) is 5.83. The van der Waals surface area contributed by atoms with Crippen LogP contribution in [0.5, 0.6) is 0 Å². The van der Waals surface area contributed by atoms with Crippen molar-refractivity contribution in [1.82, 2.24) is 0 Å². The number of aliphatic hydroxyl groups is 2. The Morgan fingerprint density at radius 2 is 2.00 bits per heavy atom. The Kier molecular flexibility index (Phi) is 5.03.